The van der Waals surface area contributed by atoms with Crippen molar-refractivity contribution in [3.05, 3.63) is 89.5 Å². The quantitative estimate of drug-likeness (QED) is 0.473. The molecule has 7 heteroatoms. The van der Waals surface area contributed by atoms with Gasteiger partial charge in [-0.2, -0.15) is 0 Å². The first kappa shape index (κ1) is 25.1. The van der Waals surface area contributed by atoms with Gasteiger partial charge in [-0.05, 0) is 67.1 Å². The lowest BCUT2D eigenvalue weighted by molar-refractivity contribution is -0.135. The molecule has 4 rings (SSSR count). The van der Waals surface area contributed by atoms with Gasteiger partial charge in [-0.15, -0.1) is 0 Å². The molecule has 4 N–H and O–H groups in total. The number of hydrogen-bond acceptors (Lipinski definition) is 4. The minimum absolute atomic E-state index is 0.0662. The van der Waals surface area contributed by atoms with Gasteiger partial charge >= 0.3 is 0 Å². The molecule has 3 aromatic carbocycles. The molecule has 36 heavy (non-hydrogen) atoms. The first-order valence-corrected chi connectivity index (χ1v) is 12.3. The zero-order valence-corrected chi connectivity index (χ0v) is 20.5. The molecule has 3 aromatic rings. The maximum absolute atomic E-state index is 13.2. The van der Waals surface area contributed by atoms with Gasteiger partial charge in [0.2, 0.25) is 11.8 Å². The predicted molar refractivity (Wildman–Crippen MR) is 141 cm³/mol. The van der Waals surface area contributed by atoms with E-state index < -0.39 is 6.04 Å². The summed E-state index contributed by atoms with van der Waals surface area (Å²) in [5.41, 5.74) is 11.0. The molecule has 0 radical (unpaired) electrons. The van der Waals surface area contributed by atoms with Crippen molar-refractivity contribution in [2.24, 2.45) is 5.73 Å². The molecule has 0 aromatic heterocycles. The van der Waals surface area contributed by atoms with Crippen molar-refractivity contribution in [3.8, 4) is 11.1 Å². The van der Waals surface area contributed by atoms with Crippen LogP contribution in [0.5, 0.6) is 0 Å². The van der Waals surface area contributed by atoms with E-state index in [1.165, 1.54) is 10.5 Å². The van der Waals surface area contributed by atoms with E-state index in [1.807, 2.05) is 49.4 Å². The van der Waals surface area contributed by atoms with Crippen LogP contribution < -0.4 is 16.4 Å². The van der Waals surface area contributed by atoms with Crippen molar-refractivity contribution in [3.63, 3.8) is 0 Å². The van der Waals surface area contributed by atoms with E-state index in [0.29, 0.717) is 30.8 Å². The molecule has 1 aliphatic heterocycles. The van der Waals surface area contributed by atoms with Gasteiger partial charge in [-0.3, -0.25) is 14.4 Å². The van der Waals surface area contributed by atoms with E-state index in [1.54, 1.807) is 18.2 Å². The number of benzene rings is 3. The first-order chi connectivity index (χ1) is 17.4. The third kappa shape index (κ3) is 6.37. The van der Waals surface area contributed by atoms with Gasteiger partial charge in [0.15, 0.2) is 0 Å². The Kier molecular flexibility index (Phi) is 8.13. The monoisotopic (exact) mass is 484 g/mol. The molecule has 0 bridgehead atoms. The van der Waals surface area contributed by atoms with Crippen LogP contribution in [0.25, 0.3) is 11.1 Å². The summed E-state index contributed by atoms with van der Waals surface area (Å²) < 4.78 is 0. The Hall–Kier alpha value is -3.97. The van der Waals surface area contributed by atoms with E-state index in [9.17, 15) is 14.4 Å². The van der Waals surface area contributed by atoms with Crippen LogP contribution in [0.4, 0.5) is 5.69 Å². The smallest absolute Gasteiger partial charge is 0.251 e. The molecule has 1 unspecified atom stereocenters. The fourth-order valence-electron chi connectivity index (χ4n) is 4.35. The summed E-state index contributed by atoms with van der Waals surface area (Å²) in [4.78, 5) is 40.3. The number of anilines is 1. The molecule has 1 fully saturated rings. The highest BCUT2D eigenvalue weighted by Gasteiger charge is 2.29. The summed E-state index contributed by atoms with van der Waals surface area (Å²) in [6.45, 7) is 2.83. The minimum atomic E-state index is -0.662. The maximum Gasteiger partial charge on any atom is 0.251 e. The van der Waals surface area contributed by atoms with Crippen molar-refractivity contribution < 1.29 is 14.4 Å². The average Bonchev–Trinajstić information content (AvgIpc) is 3.05. The van der Waals surface area contributed by atoms with E-state index >= 15 is 0 Å². The van der Waals surface area contributed by atoms with Gasteiger partial charge in [0.1, 0.15) is 6.04 Å². The Balaban J connectivity index is 1.37. The number of nitrogens with two attached hydrogens (primary N) is 1. The fourth-order valence-corrected chi connectivity index (χ4v) is 4.35. The Morgan fingerprint density at radius 1 is 0.972 bits per heavy atom. The van der Waals surface area contributed by atoms with E-state index in [2.05, 4.69) is 22.8 Å². The number of likely N-dealkylation sites (tertiary alicyclic amines) is 1. The van der Waals surface area contributed by atoms with Gasteiger partial charge in [-0.1, -0.05) is 54.1 Å². The van der Waals surface area contributed by atoms with Crippen LogP contribution >= 0.6 is 0 Å². The molecule has 0 aliphatic carbocycles. The van der Waals surface area contributed by atoms with Crippen LogP contribution in [0, 0.1) is 6.92 Å². The van der Waals surface area contributed by atoms with Gasteiger partial charge in [0.25, 0.3) is 5.91 Å². The molecule has 0 spiro atoms. The number of carbonyl (C=O) groups is 3. The Bertz CT molecular complexity index is 1220. The SMILES string of the molecule is Cc1ccc(-c2ccc(C(=O)NC3CCCCN(CC(=O)Nc4cccc(CN)c4)C3=O)cc2)cc1. The molecule has 1 aliphatic rings. The van der Waals surface area contributed by atoms with Crippen LogP contribution in [0.2, 0.25) is 0 Å². The molecular weight excluding hydrogens is 452 g/mol. The number of nitrogens with one attached hydrogen (secondary N) is 2. The second-order valence-electron chi connectivity index (χ2n) is 9.18. The summed E-state index contributed by atoms with van der Waals surface area (Å²) in [7, 11) is 0. The highest BCUT2D eigenvalue weighted by molar-refractivity contribution is 5.99. The zero-order valence-electron chi connectivity index (χ0n) is 20.5. The number of amides is 3. The molecule has 186 valence electrons. The average molecular weight is 485 g/mol. The summed E-state index contributed by atoms with van der Waals surface area (Å²) in [6.07, 6.45) is 2.11. The van der Waals surface area contributed by atoms with Gasteiger partial charge < -0.3 is 21.3 Å². The second kappa shape index (κ2) is 11.6. The normalized spacial score (nSPS) is 15.8. The lowest BCUT2D eigenvalue weighted by Gasteiger charge is -2.24. The third-order valence-electron chi connectivity index (χ3n) is 6.40. The summed E-state index contributed by atoms with van der Waals surface area (Å²) in [5, 5.41) is 5.72. The van der Waals surface area contributed by atoms with E-state index in [-0.39, 0.29) is 24.3 Å². The molecule has 1 saturated heterocycles. The Morgan fingerprint density at radius 3 is 2.36 bits per heavy atom. The molecule has 0 saturated carbocycles. The minimum Gasteiger partial charge on any atom is -0.340 e. The largest absolute Gasteiger partial charge is 0.340 e. The van der Waals surface area contributed by atoms with Crippen molar-refractivity contribution in [2.45, 2.75) is 38.8 Å². The predicted octanol–water partition coefficient (Wildman–Crippen LogP) is 3.87. The zero-order chi connectivity index (χ0) is 25.5. The number of nitrogens with zero attached hydrogens (tertiary/aromatic N) is 1. The molecule has 1 atom stereocenters. The van der Waals surface area contributed by atoms with E-state index in [0.717, 1.165) is 29.5 Å². The van der Waals surface area contributed by atoms with Crippen molar-refractivity contribution in [1.82, 2.24) is 10.2 Å². The summed E-state index contributed by atoms with van der Waals surface area (Å²) in [5.74, 6) is -0.812. The summed E-state index contributed by atoms with van der Waals surface area (Å²) >= 11 is 0. The van der Waals surface area contributed by atoms with Gasteiger partial charge in [0, 0.05) is 24.3 Å². The highest BCUT2D eigenvalue weighted by Crippen LogP contribution is 2.21. The summed E-state index contributed by atoms with van der Waals surface area (Å²) in [6, 6.07) is 22.2. The second-order valence-corrected chi connectivity index (χ2v) is 9.18. The van der Waals surface area contributed by atoms with Gasteiger partial charge in [-0.25, -0.2) is 0 Å². The highest BCUT2D eigenvalue weighted by atomic mass is 16.2. The van der Waals surface area contributed by atoms with Crippen LogP contribution in [0.15, 0.2) is 72.8 Å². The topological polar surface area (TPSA) is 105 Å². The van der Waals surface area contributed by atoms with Crippen LogP contribution in [0.3, 0.4) is 0 Å². The Labute approximate surface area is 211 Å². The van der Waals surface area contributed by atoms with Gasteiger partial charge in [0.05, 0.1) is 6.54 Å². The molecule has 1 heterocycles. The first-order valence-electron chi connectivity index (χ1n) is 12.3. The lowest BCUT2D eigenvalue weighted by Crippen LogP contribution is -2.49. The van der Waals surface area contributed by atoms with Crippen LogP contribution in [0.1, 0.15) is 40.7 Å². The number of rotatable bonds is 7. The van der Waals surface area contributed by atoms with Crippen molar-refractivity contribution in [2.75, 3.05) is 18.4 Å². The number of aryl methyl sites for hydroxylation is 1. The lowest BCUT2D eigenvalue weighted by atomic mass is 10.0. The number of hydrogen-bond donors (Lipinski definition) is 3. The third-order valence-corrected chi connectivity index (χ3v) is 6.40. The van der Waals surface area contributed by atoms with Crippen molar-refractivity contribution >= 4 is 23.4 Å². The maximum atomic E-state index is 13.2. The van der Waals surface area contributed by atoms with Crippen LogP contribution in [-0.4, -0.2) is 41.8 Å². The molecular formula is C29H32N4O3. The Morgan fingerprint density at radius 2 is 1.67 bits per heavy atom. The number of carbonyl (C=O) groups excluding carboxylic acids is 3. The standard InChI is InChI=1S/C29H32N4O3/c1-20-8-10-22(11-9-20)23-12-14-24(15-13-23)28(35)32-26-7-2-3-16-33(29(26)36)19-27(34)31-25-6-4-5-21(17-25)18-30/h4-6,8-15,17,26H,2-3,7,16,18-19,30H2,1H3,(H,31,34)(H,32,35). The van der Waals surface area contributed by atoms with E-state index in [4.69, 9.17) is 5.73 Å². The fraction of sp³-hybridized carbons (Fsp3) is 0.276. The molecule has 3 amide bonds. The van der Waals surface area contributed by atoms with Crippen molar-refractivity contribution in [1.29, 1.82) is 0 Å². The van der Waals surface area contributed by atoms with Crippen LogP contribution in [-0.2, 0) is 16.1 Å². The molecule has 7 nitrogen and oxygen atoms in total.